The van der Waals surface area contributed by atoms with Crippen LogP contribution in [0, 0.1) is 10.1 Å². The van der Waals surface area contributed by atoms with Gasteiger partial charge in [-0.1, -0.05) is 11.6 Å². The van der Waals surface area contributed by atoms with Crippen molar-refractivity contribution in [3.8, 4) is 0 Å². The predicted molar refractivity (Wildman–Crippen MR) is 65.6 cm³/mol. The summed E-state index contributed by atoms with van der Waals surface area (Å²) in [6.45, 7) is 0.668. The van der Waals surface area contributed by atoms with Gasteiger partial charge in [0, 0.05) is 19.7 Å². The second-order valence-electron chi connectivity index (χ2n) is 4.03. The van der Waals surface area contributed by atoms with Crippen molar-refractivity contribution in [2.45, 2.75) is 12.5 Å². The Morgan fingerprint density at radius 2 is 2.39 bits per heavy atom. The average molecular weight is 271 g/mol. The monoisotopic (exact) mass is 270 g/mol. The van der Waals surface area contributed by atoms with Gasteiger partial charge in [0.15, 0.2) is 0 Å². The maximum absolute atomic E-state index is 11.7. The van der Waals surface area contributed by atoms with Crippen molar-refractivity contribution < 1.29 is 9.72 Å². The molecule has 0 spiro atoms. The van der Waals surface area contributed by atoms with Crippen molar-refractivity contribution in [1.82, 2.24) is 9.88 Å². The van der Waals surface area contributed by atoms with E-state index >= 15 is 0 Å². The molecule has 1 unspecified atom stereocenters. The molecule has 8 heteroatoms. The molecular formula is C10H11ClN4O3. The van der Waals surface area contributed by atoms with E-state index in [0.29, 0.717) is 13.0 Å². The lowest BCUT2D eigenvalue weighted by Crippen LogP contribution is -2.31. The minimum Gasteiger partial charge on any atom is -0.357 e. The van der Waals surface area contributed by atoms with Crippen LogP contribution in [-0.2, 0) is 4.79 Å². The van der Waals surface area contributed by atoms with Gasteiger partial charge in [0.2, 0.25) is 5.91 Å². The van der Waals surface area contributed by atoms with E-state index in [2.05, 4.69) is 10.3 Å². The molecule has 1 N–H and O–H groups in total. The summed E-state index contributed by atoms with van der Waals surface area (Å²) < 4.78 is 0. The van der Waals surface area contributed by atoms with Gasteiger partial charge >= 0.3 is 0 Å². The van der Waals surface area contributed by atoms with Crippen molar-refractivity contribution in [3.63, 3.8) is 0 Å². The second kappa shape index (κ2) is 4.77. The molecule has 0 radical (unpaired) electrons. The van der Waals surface area contributed by atoms with Crippen LogP contribution in [0.1, 0.15) is 6.42 Å². The molecule has 1 aromatic heterocycles. The molecule has 0 aromatic carbocycles. The first kappa shape index (κ1) is 12.6. The minimum atomic E-state index is -0.572. The minimum absolute atomic E-state index is 0.0359. The fourth-order valence-electron chi connectivity index (χ4n) is 1.76. The Morgan fingerprint density at radius 3 is 2.89 bits per heavy atom. The molecule has 0 saturated carbocycles. The van der Waals surface area contributed by atoms with Crippen molar-refractivity contribution >= 4 is 29.0 Å². The van der Waals surface area contributed by atoms with Crippen molar-refractivity contribution in [2.75, 3.05) is 18.9 Å². The Morgan fingerprint density at radius 1 is 1.67 bits per heavy atom. The molecule has 0 bridgehead atoms. The van der Waals surface area contributed by atoms with Crippen molar-refractivity contribution in [3.05, 3.63) is 27.4 Å². The number of likely N-dealkylation sites (tertiary alicyclic amines) is 1. The predicted octanol–water partition coefficient (Wildman–Crippen LogP) is 1.29. The van der Waals surface area contributed by atoms with Crippen molar-refractivity contribution in [2.24, 2.45) is 0 Å². The van der Waals surface area contributed by atoms with E-state index in [1.807, 2.05) is 0 Å². The lowest BCUT2D eigenvalue weighted by atomic mass is 10.2. The van der Waals surface area contributed by atoms with E-state index < -0.39 is 4.92 Å². The third-order valence-electron chi connectivity index (χ3n) is 2.78. The molecule has 2 rings (SSSR count). The molecule has 1 aliphatic rings. The van der Waals surface area contributed by atoms with Gasteiger partial charge in [-0.15, -0.1) is 0 Å². The fourth-order valence-corrected chi connectivity index (χ4v) is 1.97. The van der Waals surface area contributed by atoms with Gasteiger partial charge in [-0.3, -0.25) is 14.9 Å². The smallest absolute Gasteiger partial charge is 0.289 e. The van der Waals surface area contributed by atoms with Crippen LogP contribution in [0.5, 0.6) is 0 Å². The first-order chi connectivity index (χ1) is 8.49. The van der Waals surface area contributed by atoms with E-state index in [-0.39, 0.29) is 28.5 Å². The van der Waals surface area contributed by atoms with Gasteiger partial charge in [0.1, 0.15) is 18.1 Å². The summed E-state index contributed by atoms with van der Waals surface area (Å²) in [4.78, 5) is 27.1. The average Bonchev–Trinajstić information content (AvgIpc) is 2.63. The van der Waals surface area contributed by atoms with Gasteiger partial charge in [0.25, 0.3) is 5.69 Å². The summed E-state index contributed by atoms with van der Waals surface area (Å²) in [7, 11) is 1.72. The lowest BCUT2D eigenvalue weighted by molar-refractivity contribution is -0.385. The number of likely N-dealkylation sites (N-methyl/N-ethyl adjacent to an activating group) is 1. The SMILES string of the molecule is CN1CCC(Nc2ncc([N+](=O)[O-])cc2Cl)C1=O. The summed E-state index contributed by atoms with van der Waals surface area (Å²) in [5.74, 6) is 0.252. The molecule has 2 heterocycles. The maximum atomic E-state index is 11.7. The van der Waals surface area contributed by atoms with E-state index in [1.54, 1.807) is 11.9 Å². The number of nitrogens with zero attached hydrogens (tertiary/aromatic N) is 3. The fraction of sp³-hybridized carbons (Fsp3) is 0.400. The maximum Gasteiger partial charge on any atom is 0.289 e. The summed E-state index contributed by atoms with van der Waals surface area (Å²) in [6.07, 6.45) is 1.77. The number of hydrogen-bond donors (Lipinski definition) is 1. The Bertz CT molecular complexity index is 508. The van der Waals surface area contributed by atoms with Gasteiger partial charge in [0.05, 0.1) is 9.95 Å². The molecule has 1 atom stereocenters. The molecule has 1 aliphatic heterocycles. The van der Waals surface area contributed by atoms with E-state index in [0.717, 1.165) is 6.20 Å². The van der Waals surface area contributed by atoms with Gasteiger partial charge in [-0.25, -0.2) is 4.98 Å². The zero-order valence-corrected chi connectivity index (χ0v) is 10.3. The molecule has 1 saturated heterocycles. The zero-order valence-electron chi connectivity index (χ0n) is 9.59. The largest absolute Gasteiger partial charge is 0.357 e. The van der Waals surface area contributed by atoms with Crippen LogP contribution in [0.4, 0.5) is 11.5 Å². The number of halogens is 1. The summed E-state index contributed by atoms with van der Waals surface area (Å²) in [5, 5.41) is 13.6. The van der Waals surface area contributed by atoms with Crippen LogP contribution in [-0.4, -0.2) is 40.3 Å². The number of anilines is 1. The molecule has 1 fully saturated rings. The number of amides is 1. The zero-order chi connectivity index (χ0) is 13.3. The van der Waals surface area contributed by atoms with Crippen LogP contribution < -0.4 is 5.32 Å². The van der Waals surface area contributed by atoms with E-state index in [1.165, 1.54) is 6.07 Å². The number of carbonyl (C=O) groups is 1. The molecule has 1 aromatic rings. The highest BCUT2D eigenvalue weighted by Gasteiger charge is 2.29. The number of nitrogens with one attached hydrogen (secondary N) is 1. The molecule has 1 amide bonds. The van der Waals surface area contributed by atoms with Crippen molar-refractivity contribution in [1.29, 1.82) is 0 Å². The van der Waals surface area contributed by atoms with Crippen LogP contribution in [0.3, 0.4) is 0 Å². The number of hydrogen-bond acceptors (Lipinski definition) is 5. The molecule has 96 valence electrons. The number of rotatable bonds is 3. The normalized spacial score (nSPS) is 19.1. The van der Waals surface area contributed by atoms with E-state index in [9.17, 15) is 14.9 Å². The highest BCUT2D eigenvalue weighted by atomic mass is 35.5. The molecular weight excluding hydrogens is 260 g/mol. The topological polar surface area (TPSA) is 88.4 Å². The van der Waals surface area contributed by atoms with E-state index in [4.69, 9.17) is 11.6 Å². The van der Waals surface area contributed by atoms with Gasteiger partial charge in [-0.2, -0.15) is 0 Å². The van der Waals surface area contributed by atoms with Crippen LogP contribution in [0.2, 0.25) is 5.02 Å². The summed E-state index contributed by atoms with van der Waals surface area (Å²) in [5.41, 5.74) is -0.180. The Balaban J connectivity index is 2.15. The van der Waals surface area contributed by atoms with Crippen LogP contribution >= 0.6 is 11.6 Å². The van der Waals surface area contributed by atoms with Gasteiger partial charge < -0.3 is 10.2 Å². The Kier molecular flexibility index (Phi) is 3.33. The highest BCUT2D eigenvalue weighted by molar-refractivity contribution is 6.33. The lowest BCUT2D eigenvalue weighted by Gasteiger charge is -2.13. The Hall–Kier alpha value is -1.89. The second-order valence-corrected chi connectivity index (χ2v) is 4.43. The number of aromatic nitrogens is 1. The van der Waals surface area contributed by atoms with Crippen LogP contribution in [0.25, 0.3) is 0 Å². The summed E-state index contributed by atoms with van der Waals surface area (Å²) >= 11 is 5.88. The quantitative estimate of drug-likeness (QED) is 0.660. The highest BCUT2D eigenvalue weighted by Crippen LogP contribution is 2.25. The first-order valence-electron chi connectivity index (χ1n) is 5.30. The standard InChI is InChI=1S/C10H11ClN4O3/c1-14-3-2-8(10(14)16)13-9-7(11)4-6(5-12-9)15(17)18/h4-5,8H,2-3H2,1H3,(H,12,13). The third-order valence-corrected chi connectivity index (χ3v) is 3.06. The Labute approximate surface area is 108 Å². The number of carbonyl (C=O) groups excluding carboxylic acids is 1. The number of nitro groups is 1. The number of pyridine rings is 1. The molecule has 18 heavy (non-hydrogen) atoms. The molecule has 0 aliphatic carbocycles. The third kappa shape index (κ3) is 2.35. The van der Waals surface area contributed by atoms with Gasteiger partial charge in [-0.05, 0) is 6.42 Å². The molecule has 7 nitrogen and oxygen atoms in total. The first-order valence-corrected chi connectivity index (χ1v) is 5.68. The summed E-state index contributed by atoms with van der Waals surface area (Å²) in [6, 6.07) is 0.835. The van der Waals surface area contributed by atoms with Crippen LogP contribution in [0.15, 0.2) is 12.3 Å².